The van der Waals surface area contributed by atoms with Gasteiger partial charge >= 0.3 is 0 Å². The van der Waals surface area contributed by atoms with E-state index in [2.05, 4.69) is 23.8 Å². The van der Waals surface area contributed by atoms with Crippen molar-refractivity contribution >= 4 is 17.3 Å². The van der Waals surface area contributed by atoms with E-state index in [1.54, 1.807) is 12.4 Å². The zero-order chi connectivity index (χ0) is 13.1. The van der Waals surface area contributed by atoms with Crippen molar-refractivity contribution in [3.63, 3.8) is 0 Å². The van der Waals surface area contributed by atoms with Crippen LogP contribution in [0, 0.1) is 6.92 Å². The van der Waals surface area contributed by atoms with E-state index in [0.29, 0.717) is 11.1 Å². The Kier molecular flexibility index (Phi) is 3.82. The largest absolute Gasteiger partial charge is 0.399 e. The molecule has 0 unspecified atom stereocenters. The molecule has 0 spiro atoms. The first kappa shape index (κ1) is 12.8. The van der Waals surface area contributed by atoms with Crippen molar-refractivity contribution in [1.29, 1.82) is 0 Å². The molecule has 1 heterocycles. The average molecular weight is 262 g/mol. The third kappa shape index (κ3) is 2.99. The van der Waals surface area contributed by atoms with E-state index in [9.17, 15) is 0 Å². The summed E-state index contributed by atoms with van der Waals surface area (Å²) in [7, 11) is 0. The first-order valence-electron chi connectivity index (χ1n) is 5.88. The highest BCUT2D eigenvalue weighted by atomic mass is 35.5. The van der Waals surface area contributed by atoms with E-state index in [1.807, 2.05) is 18.2 Å². The number of nitrogen functional groups attached to an aromatic ring is 1. The molecule has 2 aromatic rings. The van der Waals surface area contributed by atoms with Crippen LogP contribution >= 0.6 is 11.6 Å². The molecule has 2 N–H and O–H groups in total. The number of nitrogens with zero attached hydrogens (tertiary/aromatic N) is 2. The molecular formula is C14H16ClN3. The van der Waals surface area contributed by atoms with Crippen LogP contribution in [-0.4, -0.2) is 9.97 Å². The van der Waals surface area contributed by atoms with Crippen LogP contribution in [0.15, 0.2) is 30.6 Å². The van der Waals surface area contributed by atoms with E-state index in [4.69, 9.17) is 17.3 Å². The molecule has 0 fully saturated rings. The molecular weight excluding hydrogens is 246 g/mol. The summed E-state index contributed by atoms with van der Waals surface area (Å²) >= 11 is 5.84. The number of aromatic nitrogens is 2. The molecule has 94 valence electrons. The minimum absolute atomic E-state index is 0.335. The maximum Gasteiger partial charge on any atom is 0.147 e. The molecule has 0 aliphatic carbocycles. The fourth-order valence-corrected chi connectivity index (χ4v) is 2.26. The lowest BCUT2D eigenvalue weighted by Crippen LogP contribution is -2.04. The Morgan fingerprint density at radius 3 is 2.83 bits per heavy atom. The number of hydrogen-bond donors (Lipinski definition) is 1. The van der Waals surface area contributed by atoms with Gasteiger partial charge in [-0.25, -0.2) is 4.98 Å². The highest BCUT2D eigenvalue weighted by Gasteiger charge is 2.11. The molecule has 0 bridgehead atoms. The summed E-state index contributed by atoms with van der Waals surface area (Å²) in [5, 5.41) is 0.434. The Hall–Kier alpha value is -1.61. The molecule has 0 amide bonds. The normalized spacial score (nSPS) is 12.4. The summed E-state index contributed by atoms with van der Waals surface area (Å²) < 4.78 is 0. The molecule has 4 heteroatoms. The number of benzene rings is 1. The minimum atomic E-state index is 0.335. The van der Waals surface area contributed by atoms with Gasteiger partial charge in [0, 0.05) is 11.9 Å². The molecule has 3 nitrogen and oxygen atoms in total. The summed E-state index contributed by atoms with van der Waals surface area (Å²) in [6, 6.07) is 5.99. The Labute approximate surface area is 112 Å². The maximum absolute atomic E-state index is 5.84. The second kappa shape index (κ2) is 5.36. The van der Waals surface area contributed by atoms with Gasteiger partial charge in [0.15, 0.2) is 0 Å². The second-order valence-electron chi connectivity index (χ2n) is 4.55. The molecule has 0 radical (unpaired) electrons. The van der Waals surface area contributed by atoms with Crippen LogP contribution in [0.5, 0.6) is 0 Å². The van der Waals surface area contributed by atoms with Crippen molar-refractivity contribution in [2.75, 3.05) is 5.73 Å². The number of nitrogens with two attached hydrogens (primary N) is 1. The van der Waals surface area contributed by atoms with Crippen molar-refractivity contribution in [3.8, 4) is 0 Å². The van der Waals surface area contributed by atoms with Gasteiger partial charge in [0.1, 0.15) is 5.15 Å². The van der Waals surface area contributed by atoms with Crippen LogP contribution < -0.4 is 5.73 Å². The first-order valence-corrected chi connectivity index (χ1v) is 6.26. The van der Waals surface area contributed by atoms with Gasteiger partial charge in [-0.2, -0.15) is 0 Å². The summed E-state index contributed by atoms with van der Waals surface area (Å²) in [6.45, 7) is 4.25. The first-order chi connectivity index (χ1) is 8.56. The molecule has 0 aliphatic rings. The van der Waals surface area contributed by atoms with Gasteiger partial charge in [0.05, 0.1) is 11.9 Å². The molecule has 18 heavy (non-hydrogen) atoms. The maximum atomic E-state index is 5.84. The number of halogens is 1. The Bertz CT molecular complexity index is 554. The van der Waals surface area contributed by atoms with E-state index in [1.165, 1.54) is 11.1 Å². The summed E-state index contributed by atoms with van der Waals surface area (Å²) in [6.07, 6.45) is 4.10. The van der Waals surface area contributed by atoms with Crippen molar-refractivity contribution < 1.29 is 0 Å². The van der Waals surface area contributed by atoms with Crippen molar-refractivity contribution in [1.82, 2.24) is 9.97 Å². The van der Waals surface area contributed by atoms with E-state index in [-0.39, 0.29) is 0 Å². The predicted octanol–water partition coefficient (Wildman–Crippen LogP) is 3.37. The minimum Gasteiger partial charge on any atom is -0.399 e. The van der Waals surface area contributed by atoms with Gasteiger partial charge < -0.3 is 5.73 Å². The molecule has 1 aromatic heterocycles. The van der Waals surface area contributed by atoms with Gasteiger partial charge in [-0.3, -0.25) is 4.98 Å². The lowest BCUT2D eigenvalue weighted by molar-refractivity contribution is 0.732. The molecule has 2 rings (SSSR count). The average Bonchev–Trinajstić information content (AvgIpc) is 2.32. The zero-order valence-corrected chi connectivity index (χ0v) is 11.3. The summed E-state index contributed by atoms with van der Waals surface area (Å²) in [4.78, 5) is 8.31. The van der Waals surface area contributed by atoms with Gasteiger partial charge in [-0.1, -0.05) is 24.6 Å². The SMILES string of the molecule is Cc1ccc(N)cc1[C@H](C)Cc1cncc(Cl)n1. The fourth-order valence-electron chi connectivity index (χ4n) is 2.09. The van der Waals surface area contributed by atoms with Crippen LogP contribution in [0.25, 0.3) is 0 Å². The van der Waals surface area contributed by atoms with Gasteiger partial charge in [-0.05, 0) is 42.5 Å². The van der Waals surface area contributed by atoms with Crippen molar-refractivity contribution in [3.05, 3.63) is 52.6 Å². The third-order valence-electron chi connectivity index (χ3n) is 3.00. The monoisotopic (exact) mass is 261 g/mol. The van der Waals surface area contributed by atoms with Crippen LogP contribution in [0.3, 0.4) is 0 Å². The zero-order valence-electron chi connectivity index (χ0n) is 10.5. The van der Waals surface area contributed by atoms with Crippen LogP contribution in [0.4, 0.5) is 5.69 Å². The topological polar surface area (TPSA) is 51.8 Å². The standard InChI is InChI=1S/C14H16ClN3/c1-9-3-4-11(16)6-13(9)10(2)5-12-7-17-8-14(15)18-12/h3-4,6-8,10H,5,16H2,1-2H3/t10-/m1/s1. The van der Waals surface area contributed by atoms with E-state index < -0.39 is 0 Å². The Morgan fingerprint density at radius 2 is 2.11 bits per heavy atom. The smallest absolute Gasteiger partial charge is 0.147 e. The predicted molar refractivity (Wildman–Crippen MR) is 74.8 cm³/mol. The third-order valence-corrected chi connectivity index (χ3v) is 3.19. The molecule has 1 atom stereocenters. The summed E-state index contributed by atoms with van der Waals surface area (Å²) in [5.74, 6) is 0.335. The molecule has 0 saturated carbocycles. The Morgan fingerprint density at radius 1 is 1.33 bits per heavy atom. The number of anilines is 1. The highest BCUT2D eigenvalue weighted by Crippen LogP contribution is 2.25. The lowest BCUT2D eigenvalue weighted by atomic mass is 9.92. The highest BCUT2D eigenvalue weighted by molar-refractivity contribution is 6.29. The lowest BCUT2D eigenvalue weighted by Gasteiger charge is -2.15. The van der Waals surface area contributed by atoms with Gasteiger partial charge in [0.2, 0.25) is 0 Å². The van der Waals surface area contributed by atoms with E-state index >= 15 is 0 Å². The van der Waals surface area contributed by atoms with Gasteiger partial charge in [0.25, 0.3) is 0 Å². The number of aryl methyl sites for hydroxylation is 1. The second-order valence-corrected chi connectivity index (χ2v) is 4.94. The fraction of sp³-hybridized carbons (Fsp3) is 0.286. The quantitative estimate of drug-likeness (QED) is 0.862. The van der Waals surface area contributed by atoms with Crippen molar-refractivity contribution in [2.45, 2.75) is 26.2 Å². The van der Waals surface area contributed by atoms with Gasteiger partial charge in [-0.15, -0.1) is 0 Å². The summed E-state index contributed by atoms with van der Waals surface area (Å²) in [5.41, 5.74) is 10.0. The van der Waals surface area contributed by atoms with Crippen LogP contribution in [0.1, 0.15) is 29.7 Å². The van der Waals surface area contributed by atoms with E-state index in [0.717, 1.165) is 17.8 Å². The number of hydrogen-bond acceptors (Lipinski definition) is 3. The molecule has 0 aliphatic heterocycles. The number of rotatable bonds is 3. The Balaban J connectivity index is 2.21. The molecule has 1 aromatic carbocycles. The van der Waals surface area contributed by atoms with Crippen molar-refractivity contribution in [2.24, 2.45) is 0 Å². The molecule has 0 saturated heterocycles. The van der Waals surface area contributed by atoms with Crippen LogP contribution in [-0.2, 0) is 6.42 Å². The van der Waals surface area contributed by atoms with Crippen LogP contribution in [0.2, 0.25) is 5.15 Å².